The lowest BCUT2D eigenvalue weighted by molar-refractivity contribution is 0.951. The summed E-state index contributed by atoms with van der Waals surface area (Å²) in [5.41, 5.74) is 4.70. The first kappa shape index (κ1) is 15.3. The third-order valence-corrected chi connectivity index (χ3v) is 3.55. The lowest BCUT2D eigenvalue weighted by atomic mass is 10.1. The van der Waals surface area contributed by atoms with Crippen LogP contribution in [0.15, 0.2) is 58.4 Å². The van der Waals surface area contributed by atoms with Crippen LogP contribution < -0.4 is 5.43 Å². The van der Waals surface area contributed by atoms with E-state index in [0.717, 1.165) is 35.9 Å². The summed E-state index contributed by atoms with van der Waals surface area (Å²) in [6, 6.07) is 9.36. The maximum Gasteiger partial charge on any atom is 0.189 e. The lowest BCUT2D eigenvalue weighted by Gasteiger charge is -2.03. The molecule has 1 heterocycles. The number of aromatic nitrogens is 1. The fourth-order valence-corrected chi connectivity index (χ4v) is 2.34. The first-order chi connectivity index (χ1) is 10.1. The molecule has 0 saturated heterocycles. The smallest absolute Gasteiger partial charge is 0.189 e. The molecule has 2 rings (SSSR count). The van der Waals surface area contributed by atoms with Crippen LogP contribution in [0.1, 0.15) is 39.3 Å². The zero-order valence-electron chi connectivity index (χ0n) is 13.1. The third-order valence-electron chi connectivity index (χ3n) is 3.55. The van der Waals surface area contributed by atoms with Crippen LogP contribution in [0.2, 0.25) is 0 Å². The van der Waals surface area contributed by atoms with Crippen molar-refractivity contribution in [3.05, 3.63) is 69.5 Å². The van der Waals surface area contributed by atoms with Gasteiger partial charge < -0.3 is 4.98 Å². The fraction of sp³-hybridized carbons (Fsp3) is 0.316. The molecule has 1 aromatic carbocycles. The Morgan fingerprint density at radius 2 is 1.90 bits per heavy atom. The predicted octanol–water partition coefficient (Wildman–Crippen LogP) is 4.76. The average Bonchev–Trinajstić information content (AvgIpc) is 2.45. The highest BCUT2D eigenvalue weighted by molar-refractivity contribution is 5.78. The summed E-state index contributed by atoms with van der Waals surface area (Å²) in [6.07, 6.45) is 7.40. The van der Waals surface area contributed by atoms with Crippen molar-refractivity contribution >= 4 is 10.9 Å². The van der Waals surface area contributed by atoms with Crippen LogP contribution in [-0.2, 0) is 6.42 Å². The van der Waals surface area contributed by atoms with Crippen LogP contribution in [0.25, 0.3) is 10.9 Å². The largest absolute Gasteiger partial charge is 0.358 e. The van der Waals surface area contributed by atoms with Crippen molar-refractivity contribution in [1.82, 2.24) is 4.98 Å². The molecule has 0 aliphatic heterocycles. The average molecular weight is 281 g/mol. The van der Waals surface area contributed by atoms with E-state index in [4.69, 9.17) is 0 Å². The number of nitrogens with one attached hydrogen (secondary N) is 1. The Morgan fingerprint density at radius 3 is 2.67 bits per heavy atom. The van der Waals surface area contributed by atoms with Gasteiger partial charge in [0, 0.05) is 29.1 Å². The highest BCUT2D eigenvalue weighted by Gasteiger charge is 2.00. The quantitative estimate of drug-likeness (QED) is 0.787. The minimum atomic E-state index is 0.0925. The molecule has 1 aromatic heterocycles. The summed E-state index contributed by atoms with van der Waals surface area (Å²) in [5.74, 6) is 0. The highest BCUT2D eigenvalue weighted by atomic mass is 16.1. The first-order valence-corrected chi connectivity index (χ1v) is 7.46. The van der Waals surface area contributed by atoms with E-state index in [-0.39, 0.29) is 5.43 Å². The molecule has 0 atom stereocenters. The molecule has 0 amide bonds. The lowest BCUT2D eigenvalue weighted by Crippen LogP contribution is -2.04. The van der Waals surface area contributed by atoms with Crippen molar-refractivity contribution in [2.45, 2.75) is 40.0 Å². The van der Waals surface area contributed by atoms with E-state index in [1.807, 2.05) is 24.3 Å². The van der Waals surface area contributed by atoms with Gasteiger partial charge >= 0.3 is 0 Å². The zero-order chi connectivity index (χ0) is 15.2. The van der Waals surface area contributed by atoms with Crippen molar-refractivity contribution in [3.8, 4) is 0 Å². The van der Waals surface area contributed by atoms with Crippen LogP contribution in [0.5, 0.6) is 0 Å². The predicted molar refractivity (Wildman–Crippen MR) is 90.7 cm³/mol. The molecule has 2 aromatic rings. The second kappa shape index (κ2) is 7.07. The molecule has 2 nitrogen and oxygen atoms in total. The molecule has 0 aliphatic rings. The van der Waals surface area contributed by atoms with Gasteiger partial charge in [0.1, 0.15) is 0 Å². The van der Waals surface area contributed by atoms with Crippen molar-refractivity contribution < 1.29 is 0 Å². The molecule has 0 spiro atoms. The molecule has 21 heavy (non-hydrogen) atoms. The van der Waals surface area contributed by atoms with E-state index < -0.39 is 0 Å². The van der Waals surface area contributed by atoms with Crippen LogP contribution >= 0.6 is 0 Å². The molecule has 0 unspecified atom stereocenters. The van der Waals surface area contributed by atoms with E-state index in [9.17, 15) is 4.79 Å². The summed E-state index contributed by atoms with van der Waals surface area (Å²) in [7, 11) is 0. The van der Waals surface area contributed by atoms with Crippen LogP contribution in [-0.4, -0.2) is 4.98 Å². The number of para-hydroxylation sites is 1. The SMILES string of the molecule is CC(C)=CCCC(C)=CCc1cc(=O)c2ccccc2[nH]1. The maximum atomic E-state index is 12.0. The van der Waals surface area contributed by atoms with Crippen LogP contribution in [0.3, 0.4) is 0 Å². The number of H-pyrrole nitrogens is 1. The Hall–Kier alpha value is -2.09. The van der Waals surface area contributed by atoms with E-state index in [0.29, 0.717) is 0 Å². The Bertz CT molecular complexity index is 731. The molecule has 0 bridgehead atoms. The van der Waals surface area contributed by atoms with Crippen molar-refractivity contribution in [3.63, 3.8) is 0 Å². The molecule has 0 saturated carbocycles. The Kier molecular flexibility index (Phi) is 5.15. The summed E-state index contributed by atoms with van der Waals surface area (Å²) in [5, 5.41) is 0.755. The van der Waals surface area contributed by atoms with Gasteiger partial charge in [0.05, 0.1) is 0 Å². The van der Waals surface area contributed by atoms with Gasteiger partial charge in [0.2, 0.25) is 0 Å². The molecule has 110 valence electrons. The normalized spacial score (nSPS) is 11.7. The van der Waals surface area contributed by atoms with Gasteiger partial charge in [-0.1, -0.05) is 35.4 Å². The monoisotopic (exact) mass is 281 g/mol. The number of allylic oxidation sites excluding steroid dienone is 4. The fourth-order valence-electron chi connectivity index (χ4n) is 2.34. The Balaban J connectivity index is 2.09. The summed E-state index contributed by atoms with van der Waals surface area (Å²) >= 11 is 0. The first-order valence-electron chi connectivity index (χ1n) is 7.46. The van der Waals surface area contributed by atoms with Gasteiger partial charge in [-0.15, -0.1) is 0 Å². The highest BCUT2D eigenvalue weighted by Crippen LogP contribution is 2.11. The molecule has 2 heteroatoms. The number of aromatic amines is 1. The number of fused-ring (bicyclic) bond motifs is 1. The zero-order valence-corrected chi connectivity index (χ0v) is 13.1. The topological polar surface area (TPSA) is 32.9 Å². The van der Waals surface area contributed by atoms with Crippen molar-refractivity contribution in [2.75, 3.05) is 0 Å². The third kappa shape index (κ3) is 4.45. The molecule has 0 fully saturated rings. The molecule has 0 radical (unpaired) electrons. The Morgan fingerprint density at radius 1 is 1.14 bits per heavy atom. The van der Waals surface area contributed by atoms with Gasteiger partial charge in [0.25, 0.3) is 0 Å². The van der Waals surface area contributed by atoms with E-state index in [1.54, 1.807) is 6.07 Å². The molecular weight excluding hydrogens is 258 g/mol. The van der Waals surface area contributed by atoms with Crippen LogP contribution in [0, 0.1) is 0 Å². The van der Waals surface area contributed by atoms with Gasteiger partial charge in [-0.05, 0) is 45.7 Å². The van der Waals surface area contributed by atoms with E-state index in [1.165, 1.54) is 11.1 Å². The number of rotatable bonds is 5. The van der Waals surface area contributed by atoms with E-state index >= 15 is 0 Å². The number of hydrogen-bond donors (Lipinski definition) is 1. The standard InChI is InChI=1S/C19H23NO/c1-14(2)7-6-8-15(3)11-12-16-13-19(21)17-9-4-5-10-18(17)20-16/h4-5,7,9-11,13H,6,8,12H2,1-3H3,(H,20,21). The second-order valence-electron chi connectivity index (χ2n) is 5.78. The molecule has 1 N–H and O–H groups in total. The second-order valence-corrected chi connectivity index (χ2v) is 5.78. The van der Waals surface area contributed by atoms with E-state index in [2.05, 4.69) is 37.9 Å². The molecular formula is C19H23NO. The summed E-state index contributed by atoms with van der Waals surface area (Å²) in [6.45, 7) is 6.40. The Labute approximate surface area is 126 Å². The summed E-state index contributed by atoms with van der Waals surface area (Å²) < 4.78 is 0. The number of benzene rings is 1. The minimum absolute atomic E-state index is 0.0925. The van der Waals surface area contributed by atoms with Gasteiger partial charge in [-0.25, -0.2) is 0 Å². The van der Waals surface area contributed by atoms with Gasteiger partial charge in [-0.3, -0.25) is 4.79 Å². The number of hydrogen-bond acceptors (Lipinski definition) is 1. The molecule has 0 aliphatic carbocycles. The minimum Gasteiger partial charge on any atom is -0.358 e. The maximum absolute atomic E-state index is 12.0. The van der Waals surface area contributed by atoms with Crippen molar-refractivity contribution in [2.24, 2.45) is 0 Å². The van der Waals surface area contributed by atoms with Gasteiger partial charge in [-0.2, -0.15) is 0 Å². The van der Waals surface area contributed by atoms with Gasteiger partial charge in [0.15, 0.2) is 5.43 Å². The summed E-state index contributed by atoms with van der Waals surface area (Å²) in [4.78, 5) is 15.4. The van der Waals surface area contributed by atoms with Crippen molar-refractivity contribution in [1.29, 1.82) is 0 Å². The van der Waals surface area contributed by atoms with Crippen LogP contribution in [0.4, 0.5) is 0 Å². The number of pyridine rings is 1.